The molecule has 0 radical (unpaired) electrons. The molecule has 0 aliphatic heterocycles. The molecule has 0 aliphatic carbocycles. The lowest BCUT2D eigenvalue weighted by molar-refractivity contribution is 1.02. The molecule has 0 N–H and O–H groups in total. The van der Waals surface area contributed by atoms with E-state index in [2.05, 4.69) is 15.1 Å². The summed E-state index contributed by atoms with van der Waals surface area (Å²) in [5.74, 6) is 0. The van der Waals surface area contributed by atoms with E-state index < -0.39 is 0 Å². The van der Waals surface area contributed by atoms with E-state index in [9.17, 15) is 0 Å². The normalized spacial score (nSPS) is 10.5. The van der Waals surface area contributed by atoms with Gasteiger partial charge in [-0.2, -0.15) is 9.30 Å². The number of hydrogen-bond donors (Lipinski definition) is 0. The molecule has 2 aromatic heterocycles. The van der Waals surface area contributed by atoms with Gasteiger partial charge in [0.1, 0.15) is 17.4 Å². The van der Waals surface area contributed by atoms with Gasteiger partial charge in [-0.05, 0) is 0 Å². The van der Waals surface area contributed by atoms with Crippen molar-refractivity contribution in [3.05, 3.63) is 18.7 Å². The summed E-state index contributed by atoms with van der Waals surface area (Å²) in [5.41, 5.74) is 1.48. The highest BCUT2D eigenvalue weighted by Crippen LogP contribution is 2.08. The summed E-state index contributed by atoms with van der Waals surface area (Å²) in [7, 11) is 0. The van der Waals surface area contributed by atoms with E-state index in [4.69, 9.17) is 11.8 Å². The molecule has 0 aliphatic rings. The minimum absolute atomic E-state index is 0.726. The fourth-order valence-electron chi connectivity index (χ4n) is 0.741. The van der Waals surface area contributed by atoms with Crippen LogP contribution in [0.25, 0.3) is 11.0 Å². The molecule has 10 heavy (non-hydrogen) atoms. The maximum absolute atomic E-state index is 5.60. The van der Waals surface area contributed by atoms with Gasteiger partial charge in [-0.25, -0.2) is 9.97 Å². The molecular weight excluding hydrogens is 152 g/mol. The average Bonchev–Trinajstić information content (AvgIpc) is 2.34. The van der Waals surface area contributed by atoms with Crippen LogP contribution >= 0.6 is 11.8 Å². The average molecular weight is 155 g/mol. The summed E-state index contributed by atoms with van der Waals surface area (Å²) in [6, 6.07) is 0. The van der Waals surface area contributed by atoms with Crippen LogP contribution in [0.3, 0.4) is 0 Å². The Balaban J connectivity index is 2.93. The Labute approximate surface area is 61.6 Å². The summed E-state index contributed by atoms with van der Waals surface area (Å²) in [6.07, 6.45) is 4.66. The number of fused-ring (bicyclic) bond motifs is 1. The van der Waals surface area contributed by atoms with Gasteiger partial charge in [-0.1, -0.05) is 0 Å². The maximum Gasteiger partial charge on any atom is 0.124 e. The second-order valence-electron chi connectivity index (χ2n) is 1.80. The predicted octanol–water partition coefficient (Wildman–Crippen LogP) is 0.828. The molecule has 2 heterocycles. The van der Waals surface area contributed by atoms with Gasteiger partial charge in [0.05, 0.1) is 12.4 Å². The summed E-state index contributed by atoms with van der Waals surface area (Å²) < 4.78 is 1.22. The molecule has 2 rings (SSSR count). The van der Waals surface area contributed by atoms with Crippen LogP contribution in [0.5, 0.6) is 0 Å². The zero-order chi connectivity index (χ0) is 6.97. The third-order valence-electron chi connectivity index (χ3n) is 1.20. The molecule has 0 saturated carbocycles. The molecule has 0 unspecified atom stereocenters. The van der Waals surface area contributed by atoms with Gasteiger partial charge in [-0.15, -0.1) is 0 Å². The van der Waals surface area contributed by atoms with E-state index in [1.54, 1.807) is 12.4 Å². The first-order valence-corrected chi connectivity index (χ1v) is 3.01. The van der Waals surface area contributed by atoms with E-state index in [0.717, 1.165) is 11.0 Å². The van der Waals surface area contributed by atoms with Crippen molar-refractivity contribution < 1.29 is 0 Å². The first-order chi connectivity index (χ1) is 4.88. The number of halogens is 1. The van der Waals surface area contributed by atoms with Crippen LogP contribution < -0.4 is 0 Å². The molecule has 0 amide bonds. The van der Waals surface area contributed by atoms with Crippen molar-refractivity contribution in [2.45, 2.75) is 0 Å². The highest BCUT2D eigenvalue weighted by Gasteiger charge is 1.98. The Bertz CT molecular complexity index is 355. The van der Waals surface area contributed by atoms with E-state index >= 15 is 0 Å². The summed E-state index contributed by atoms with van der Waals surface area (Å²) in [4.78, 5) is 7.71. The third kappa shape index (κ3) is 0.657. The van der Waals surface area contributed by atoms with Crippen LogP contribution in [0.2, 0.25) is 0 Å². The van der Waals surface area contributed by atoms with Crippen molar-refractivity contribution in [2.75, 3.05) is 0 Å². The van der Waals surface area contributed by atoms with Crippen LogP contribution in [0.1, 0.15) is 0 Å². The number of nitrogens with zero attached hydrogens (tertiary/aromatic N) is 4. The Morgan fingerprint density at radius 2 is 2.30 bits per heavy atom. The number of rotatable bonds is 0. The first-order valence-electron chi connectivity index (χ1n) is 2.68. The first kappa shape index (κ1) is 5.61. The largest absolute Gasteiger partial charge is 0.242 e. The molecule has 0 atom stereocenters. The van der Waals surface area contributed by atoms with Crippen LogP contribution in [0.15, 0.2) is 18.7 Å². The molecule has 0 spiro atoms. The molecular formula is C5H3ClN4. The highest BCUT2D eigenvalue weighted by molar-refractivity contribution is 6.17. The third-order valence-corrected chi connectivity index (χ3v) is 1.47. The highest BCUT2D eigenvalue weighted by atomic mass is 35.5. The monoisotopic (exact) mass is 154 g/mol. The lowest BCUT2D eigenvalue weighted by Crippen LogP contribution is -1.82. The van der Waals surface area contributed by atoms with Crippen molar-refractivity contribution in [1.82, 2.24) is 19.3 Å². The molecule has 0 aromatic carbocycles. The zero-order valence-electron chi connectivity index (χ0n) is 4.90. The van der Waals surface area contributed by atoms with E-state index in [1.165, 1.54) is 10.5 Å². The lowest BCUT2D eigenvalue weighted by Gasteiger charge is -1.85. The number of aromatic nitrogens is 4. The van der Waals surface area contributed by atoms with Crippen molar-refractivity contribution in [2.24, 2.45) is 0 Å². The maximum atomic E-state index is 5.60. The van der Waals surface area contributed by atoms with Crippen LogP contribution in [0, 0.1) is 0 Å². The Hall–Kier alpha value is -1.16. The molecule has 50 valence electrons. The Kier molecular flexibility index (Phi) is 1.07. The number of hydrogen-bond acceptors (Lipinski definition) is 3. The second-order valence-corrected chi connectivity index (χ2v) is 2.12. The van der Waals surface area contributed by atoms with E-state index in [-0.39, 0.29) is 0 Å². The fraction of sp³-hybridized carbons (Fsp3) is 0. The van der Waals surface area contributed by atoms with Crippen molar-refractivity contribution >= 4 is 22.8 Å². The summed E-state index contributed by atoms with van der Waals surface area (Å²) in [6.45, 7) is 0. The van der Waals surface area contributed by atoms with Gasteiger partial charge in [-0.3, -0.25) is 0 Å². The molecule has 0 fully saturated rings. The van der Waals surface area contributed by atoms with E-state index in [0.29, 0.717) is 0 Å². The van der Waals surface area contributed by atoms with Gasteiger partial charge in [0.15, 0.2) is 0 Å². The van der Waals surface area contributed by atoms with Crippen LogP contribution in [0.4, 0.5) is 0 Å². The minimum atomic E-state index is 0.726. The zero-order valence-corrected chi connectivity index (χ0v) is 5.65. The molecule has 2 aromatic rings. The van der Waals surface area contributed by atoms with Crippen molar-refractivity contribution in [3.63, 3.8) is 0 Å². The van der Waals surface area contributed by atoms with Gasteiger partial charge < -0.3 is 0 Å². The smallest absolute Gasteiger partial charge is 0.124 e. The summed E-state index contributed by atoms with van der Waals surface area (Å²) >= 11 is 5.60. The predicted molar refractivity (Wildman–Crippen MR) is 36.6 cm³/mol. The van der Waals surface area contributed by atoms with Crippen molar-refractivity contribution in [3.8, 4) is 0 Å². The van der Waals surface area contributed by atoms with Crippen molar-refractivity contribution in [1.29, 1.82) is 0 Å². The van der Waals surface area contributed by atoms with Gasteiger partial charge in [0.2, 0.25) is 0 Å². The van der Waals surface area contributed by atoms with E-state index in [1.807, 2.05) is 0 Å². The van der Waals surface area contributed by atoms with Crippen LogP contribution in [-0.4, -0.2) is 19.3 Å². The Morgan fingerprint density at radius 3 is 3.10 bits per heavy atom. The fourth-order valence-corrected chi connectivity index (χ4v) is 0.915. The SMILES string of the molecule is Cln1ncc2ncncc21. The summed E-state index contributed by atoms with van der Waals surface area (Å²) in [5, 5.41) is 3.78. The quantitative estimate of drug-likeness (QED) is 0.565. The second kappa shape index (κ2) is 1.91. The lowest BCUT2D eigenvalue weighted by atomic mass is 10.5. The molecule has 0 bridgehead atoms. The standard InChI is InChI=1S/C5H3ClN4/c6-10-5-2-7-3-8-4(5)1-9-10/h1-3H. The Morgan fingerprint density at radius 1 is 1.40 bits per heavy atom. The molecule has 5 heteroatoms. The van der Waals surface area contributed by atoms with Gasteiger partial charge in [0, 0.05) is 11.8 Å². The van der Waals surface area contributed by atoms with Gasteiger partial charge >= 0.3 is 0 Å². The minimum Gasteiger partial charge on any atom is -0.242 e. The van der Waals surface area contributed by atoms with Crippen LogP contribution in [-0.2, 0) is 0 Å². The topological polar surface area (TPSA) is 43.6 Å². The molecule has 4 nitrogen and oxygen atoms in total. The molecule has 0 saturated heterocycles. The van der Waals surface area contributed by atoms with Gasteiger partial charge in [0.25, 0.3) is 0 Å².